The lowest BCUT2D eigenvalue weighted by molar-refractivity contribution is -0.132. The van der Waals surface area contributed by atoms with Gasteiger partial charge in [-0.05, 0) is 12.1 Å². The van der Waals surface area contributed by atoms with Gasteiger partial charge in [0.15, 0.2) is 5.75 Å². The average molecular weight is 310 g/mol. The molecular formula is C16H26O4Si. The maximum absolute atomic E-state index is 11.3. The van der Waals surface area contributed by atoms with Crippen molar-refractivity contribution in [2.45, 2.75) is 58.5 Å². The molecule has 0 bridgehead atoms. The Balaban J connectivity index is 3.26. The van der Waals surface area contributed by atoms with E-state index in [2.05, 4.69) is 0 Å². The monoisotopic (exact) mass is 310 g/mol. The van der Waals surface area contributed by atoms with E-state index in [-0.39, 0.29) is 0 Å². The van der Waals surface area contributed by atoms with Gasteiger partial charge in [-0.2, -0.15) is 0 Å². The summed E-state index contributed by atoms with van der Waals surface area (Å²) < 4.78 is 11.2. The Bertz CT molecular complexity index is 498. The van der Waals surface area contributed by atoms with Crippen LogP contribution in [-0.4, -0.2) is 19.3 Å². The molecule has 1 aromatic carbocycles. The smallest absolute Gasteiger partial charge is 0.407 e. The van der Waals surface area contributed by atoms with Gasteiger partial charge in [-0.15, -0.1) is 0 Å². The molecule has 118 valence electrons. The molecule has 0 saturated heterocycles. The third-order valence-electron chi connectivity index (χ3n) is 3.39. The average Bonchev–Trinajstić information content (AvgIpc) is 2.28. The number of carbonyl (C=O) groups is 1. The maximum atomic E-state index is 11.3. The predicted octanol–water partition coefficient (Wildman–Crippen LogP) is 4.03. The van der Waals surface area contributed by atoms with Crippen LogP contribution in [-0.2, 0) is 4.79 Å². The third kappa shape index (κ3) is 3.86. The molecule has 0 aromatic heterocycles. The first kappa shape index (κ1) is 17.7. The van der Waals surface area contributed by atoms with Gasteiger partial charge >= 0.3 is 14.5 Å². The van der Waals surface area contributed by atoms with E-state index in [1.807, 2.05) is 41.5 Å². The zero-order valence-electron chi connectivity index (χ0n) is 14.0. The number of hydrogen-bond acceptors (Lipinski definition) is 4. The van der Waals surface area contributed by atoms with Gasteiger partial charge in [-0.25, -0.2) is 0 Å². The summed E-state index contributed by atoms with van der Waals surface area (Å²) in [5.41, 5.74) is 0. The quantitative estimate of drug-likeness (QED) is 0.520. The standard InChI is InChI=1S/C16H26O4Si/c1-12(17)19-13-10-8-9-11-14(13)20-21(18,15(2,3)4)16(5,6)7/h8-11,18H,1-7H3. The molecule has 0 amide bonds. The fourth-order valence-electron chi connectivity index (χ4n) is 2.36. The van der Waals surface area contributed by atoms with E-state index in [1.165, 1.54) is 6.92 Å². The molecule has 4 nitrogen and oxygen atoms in total. The third-order valence-corrected chi connectivity index (χ3v) is 7.98. The van der Waals surface area contributed by atoms with E-state index < -0.39 is 24.6 Å². The molecule has 0 atom stereocenters. The Kier molecular flexibility index (Phi) is 4.90. The molecule has 5 heteroatoms. The van der Waals surface area contributed by atoms with Gasteiger partial charge in [-0.1, -0.05) is 53.7 Å². The number of para-hydroxylation sites is 2. The number of ether oxygens (including phenoxy) is 1. The van der Waals surface area contributed by atoms with Crippen LogP contribution in [0.3, 0.4) is 0 Å². The van der Waals surface area contributed by atoms with E-state index >= 15 is 0 Å². The first-order chi connectivity index (χ1) is 9.38. The van der Waals surface area contributed by atoms with E-state index in [9.17, 15) is 9.59 Å². The Morgan fingerprint density at radius 3 is 1.81 bits per heavy atom. The van der Waals surface area contributed by atoms with Crippen LogP contribution in [0.5, 0.6) is 11.5 Å². The summed E-state index contributed by atoms with van der Waals surface area (Å²) in [6.07, 6.45) is 0. The summed E-state index contributed by atoms with van der Waals surface area (Å²) in [6, 6.07) is 6.94. The van der Waals surface area contributed by atoms with Crippen molar-refractivity contribution in [3.8, 4) is 11.5 Å². The summed E-state index contributed by atoms with van der Waals surface area (Å²) >= 11 is 0. The Morgan fingerprint density at radius 2 is 1.43 bits per heavy atom. The molecule has 1 N–H and O–H groups in total. The van der Waals surface area contributed by atoms with Crippen molar-refractivity contribution in [3.05, 3.63) is 24.3 Å². The highest BCUT2D eigenvalue weighted by Crippen LogP contribution is 2.50. The fourth-order valence-corrected chi connectivity index (χ4v) is 5.71. The second kappa shape index (κ2) is 5.81. The molecule has 0 aliphatic carbocycles. The minimum atomic E-state index is -3.17. The molecule has 0 aliphatic heterocycles. The Morgan fingerprint density at radius 1 is 1.00 bits per heavy atom. The van der Waals surface area contributed by atoms with Crippen LogP contribution in [0.2, 0.25) is 10.1 Å². The maximum Gasteiger partial charge on any atom is 0.407 e. The molecule has 1 aromatic rings. The SMILES string of the molecule is CC(=O)Oc1ccccc1O[Si](O)(C(C)(C)C)C(C)(C)C. The molecule has 0 spiro atoms. The largest absolute Gasteiger partial charge is 0.517 e. The van der Waals surface area contributed by atoms with Crippen molar-refractivity contribution < 1.29 is 18.8 Å². The van der Waals surface area contributed by atoms with Crippen LogP contribution in [0.25, 0.3) is 0 Å². The van der Waals surface area contributed by atoms with E-state index in [0.717, 1.165) is 0 Å². The van der Waals surface area contributed by atoms with Crippen LogP contribution < -0.4 is 9.16 Å². The van der Waals surface area contributed by atoms with E-state index in [4.69, 9.17) is 9.16 Å². The van der Waals surface area contributed by atoms with Crippen LogP contribution in [0.4, 0.5) is 0 Å². The molecule has 0 fully saturated rings. The summed E-state index contributed by atoms with van der Waals surface area (Å²) in [5.74, 6) is 0.332. The second-order valence-electron chi connectivity index (χ2n) is 7.29. The number of rotatable bonds is 3. The zero-order chi connectivity index (χ0) is 16.5. The molecule has 0 unspecified atom stereocenters. The second-order valence-corrected chi connectivity index (χ2v) is 11.8. The van der Waals surface area contributed by atoms with Crippen molar-refractivity contribution in [3.63, 3.8) is 0 Å². The molecule has 0 aliphatic rings. The lowest BCUT2D eigenvalue weighted by Crippen LogP contribution is -2.57. The van der Waals surface area contributed by atoms with Crippen molar-refractivity contribution >= 4 is 14.5 Å². The summed E-state index contributed by atoms with van der Waals surface area (Å²) in [4.78, 5) is 22.5. The molecular weight excluding hydrogens is 284 g/mol. The molecule has 21 heavy (non-hydrogen) atoms. The van der Waals surface area contributed by atoms with Crippen molar-refractivity contribution in [1.29, 1.82) is 0 Å². The first-order valence-corrected chi connectivity index (χ1v) is 8.93. The zero-order valence-corrected chi connectivity index (χ0v) is 15.0. The number of hydrogen-bond donors (Lipinski definition) is 1. The van der Waals surface area contributed by atoms with E-state index in [0.29, 0.717) is 11.5 Å². The van der Waals surface area contributed by atoms with Crippen molar-refractivity contribution in [1.82, 2.24) is 0 Å². The van der Waals surface area contributed by atoms with Crippen LogP contribution in [0.15, 0.2) is 24.3 Å². The lowest BCUT2D eigenvalue weighted by atomic mass is 10.2. The van der Waals surface area contributed by atoms with Gasteiger partial charge in [-0.3, -0.25) is 4.79 Å². The molecule has 1 rings (SSSR count). The number of benzene rings is 1. The summed E-state index contributed by atoms with van der Waals surface area (Å²) in [5, 5.41) is -0.789. The highest BCUT2D eigenvalue weighted by molar-refractivity contribution is 6.72. The molecule has 0 radical (unpaired) electrons. The predicted molar refractivity (Wildman–Crippen MR) is 85.8 cm³/mol. The summed E-state index contributed by atoms with van der Waals surface area (Å²) in [6.45, 7) is 13.2. The highest BCUT2D eigenvalue weighted by Gasteiger charge is 2.57. The number of esters is 1. The van der Waals surface area contributed by atoms with Gasteiger partial charge in [0.25, 0.3) is 0 Å². The van der Waals surface area contributed by atoms with Crippen molar-refractivity contribution in [2.75, 3.05) is 0 Å². The van der Waals surface area contributed by atoms with Gasteiger partial charge in [0, 0.05) is 17.0 Å². The minimum absolute atomic E-state index is 0.337. The minimum Gasteiger partial charge on any atom is -0.517 e. The Hall–Kier alpha value is -1.33. The van der Waals surface area contributed by atoms with Crippen LogP contribution in [0, 0.1) is 0 Å². The van der Waals surface area contributed by atoms with Gasteiger partial charge in [0.1, 0.15) is 5.75 Å². The van der Waals surface area contributed by atoms with Gasteiger partial charge < -0.3 is 14.0 Å². The fraction of sp³-hybridized carbons (Fsp3) is 0.562. The lowest BCUT2D eigenvalue weighted by Gasteiger charge is -2.45. The molecule has 0 heterocycles. The van der Waals surface area contributed by atoms with Gasteiger partial charge in [0.05, 0.1) is 0 Å². The van der Waals surface area contributed by atoms with Gasteiger partial charge in [0.2, 0.25) is 0 Å². The Labute approximate surface area is 128 Å². The number of carbonyl (C=O) groups excluding carboxylic acids is 1. The van der Waals surface area contributed by atoms with E-state index in [1.54, 1.807) is 24.3 Å². The molecule has 0 saturated carbocycles. The van der Waals surface area contributed by atoms with Crippen LogP contribution in [0.1, 0.15) is 48.5 Å². The first-order valence-electron chi connectivity index (χ1n) is 7.07. The highest BCUT2D eigenvalue weighted by atomic mass is 28.4. The topological polar surface area (TPSA) is 55.8 Å². The van der Waals surface area contributed by atoms with Crippen molar-refractivity contribution in [2.24, 2.45) is 0 Å². The normalized spacial score (nSPS) is 13.0. The van der Waals surface area contributed by atoms with Crippen LogP contribution >= 0.6 is 0 Å². The summed E-state index contributed by atoms with van der Waals surface area (Å²) in [7, 11) is -3.17.